The van der Waals surface area contributed by atoms with Crippen LogP contribution < -0.4 is 5.73 Å². The van der Waals surface area contributed by atoms with E-state index in [-0.39, 0.29) is 5.91 Å². The summed E-state index contributed by atoms with van der Waals surface area (Å²) in [5, 5.41) is 0. The lowest BCUT2D eigenvalue weighted by atomic mass is 9.74. The first kappa shape index (κ1) is 17.1. The number of rotatable bonds is 9. The molecule has 2 heteroatoms. The molecule has 2 rings (SSSR count). The van der Waals surface area contributed by atoms with Crippen molar-refractivity contribution in [2.75, 3.05) is 0 Å². The van der Waals surface area contributed by atoms with Gasteiger partial charge in [-0.1, -0.05) is 63.3 Å². The Morgan fingerprint density at radius 1 is 1.18 bits per heavy atom. The molecule has 0 bridgehead atoms. The van der Waals surface area contributed by atoms with Crippen LogP contribution in [0.25, 0.3) is 0 Å². The Morgan fingerprint density at radius 3 is 2.64 bits per heavy atom. The summed E-state index contributed by atoms with van der Waals surface area (Å²) >= 11 is 0. The number of unbranched alkanes of at least 4 members (excludes halogenated alkanes) is 3. The van der Waals surface area contributed by atoms with Crippen molar-refractivity contribution in [3.8, 4) is 0 Å². The van der Waals surface area contributed by atoms with Gasteiger partial charge in [-0.15, -0.1) is 0 Å². The van der Waals surface area contributed by atoms with E-state index in [1.165, 1.54) is 44.9 Å². The molecule has 1 aromatic rings. The van der Waals surface area contributed by atoms with Crippen LogP contribution in [0.4, 0.5) is 0 Å². The quantitative estimate of drug-likeness (QED) is 0.663. The molecule has 0 heterocycles. The van der Waals surface area contributed by atoms with Gasteiger partial charge in [0.05, 0.1) is 0 Å². The van der Waals surface area contributed by atoms with Gasteiger partial charge in [-0.2, -0.15) is 0 Å². The number of primary amides is 1. The summed E-state index contributed by atoms with van der Waals surface area (Å²) in [6, 6.07) is 8.97. The first-order valence-electron chi connectivity index (χ1n) is 9.05. The fraction of sp³-hybridized carbons (Fsp3) is 0.650. The topological polar surface area (TPSA) is 43.1 Å². The number of amides is 1. The van der Waals surface area contributed by atoms with Crippen LogP contribution in [-0.2, 0) is 17.6 Å². The van der Waals surface area contributed by atoms with Gasteiger partial charge in [0.25, 0.3) is 0 Å². The molecule has 1 aliphatic carbocycles. The molecule has 2 atom stereocenters. The van der Waals surface area contributed by atoms with Crippen LogP contribution in [0.2, 0.25) is 0 Å². The smallest absolute Gasteiger partial charge is 0.217 e. The van der Waals surface area contributed by atoms with E-state index in [0.717, 1.165) is 24.7 Å². The van der Waals surface area contributed by atoms with Crippen LogP contribution in [-0.4, -0.2) is 5.91 Å². The van der Waals surface area contributed by atoms with Crippen LogP contribution in [0.15, 0.2) is 24.3 Å². The van der Waals surface area contributed by atoms with Crippen molar-refractivity contribution in [3.05, 3.63) is 35.4 Å². The van der Waals surface area contributed by atoms with E-state index in [0.29, 0.717) is 6.42 Å². The SMILES string of the molecule is CCC(CCCCCCC(N)=O)C1CCc2ccccc2C1. The molecule has 0 aromatic heterocycles. The Bertz CT molecular complexity index is 469. The largest absolute Gasteiger partial charge is 0.370 e. The zero-order valence-corrected chi connectivity index (χ0v) is 14.0. The number of aryl methyl sites for hydroxylation is 1. The highest BCUT2D eigenvalue weighted by Gasteiger charge is 2.24. The molecule has 0 saturated carbocycles. The molecular formula is C20H31NO. The Balaban J connectivity index is 1.72. The normalized spacial score (nSPS) is 18.7. The van der Waals surface area contributed by atoms with E-state index in [1.807, 2.05) is 0 Å². The molecular weight excluding hydrogens is 270 g/mol. The van der Waals surface area contributed by atoms with Gasteiger partial charge >= 0.3 is 0 Å². The third kappa shape index (κ3) is 5.15. The molecule has 1 amide bonds. The van der Waals surface area contributed by atoms with Crippen LogP contribution >= 0.6 is 0 Å². The fourth-order valence-corrected chi connectivity index (χ4v) is 3.96. The van der Waals surface area contributed by atoms with Crippen molar-refractivity contribution in [3.63, 3.8) is 0 Å². The van der Waals surface area contributed by atoms with Crippen molar-refractivity contribution < 1.29 is 4.79 Å². The van der Waals surface area contributed by atoms with Crippen molar-refractivity contribution in [1.29, 1.82) is 0 Å². The predicted molar refractivity (Wildman–Crippen MR) is 92.6 cm³/mol. The minimum atomic E-state index is -0.160. The molecule has 22 heavy (non-hydrogen) atoms. The number of fused-ring (bicyclic) bond motifs is 1. The van der Waals surface area contributed by atoms with Gasteiger partial charge in [0, 0.05) is 6.42 Å². The number of hydrogen-bond donors (Lipinski definition) is 1. The Kier molecular flexibility index (Phi) is 6.95. The Labute approximate surface area is 135 Å². The second kappa shape index (κ2) is 8.97. The lowest BCUT2D eigenvalue weighted by Gasteiger charge is -2.31. The molecule has 122 valence electrons. The van der Waals surface area contributed by atoms with Gasteiger partial charge < -0.3 is 5.73 Å². The number of carbonyl (C=O) groups excluding carboxylic acids is 1. The number of carbonyl (C=O) groups is 1. The Morgan fingerprint density at radius 2 is 1.91 bits per heavy atom. The highest BCUT2D eigenvalue weighted by Crippen LogP contribution is 2.34. The summed E-state index contributed by atoms with van der Waals surface area (Å²) in [7, 11) is 0. The van der Waals surface area contributed by atoms with Gasteiger partial charge in [0.1, 0.15) is 0 Å². The van der Waals surface area contributed by atoms with Gasteiger partial charge in [-0.3, -0.25) is 4.79 Å². The highest BCUT2D eigenvalue weighted by atomic mass is 16.1. The summed E-state index contributed by atoms with van der Waals surface area (Å²) in [6.45, 7) is 2.35. The predicted octanol–water partition coefficient (Wildman–Crippen LogP) is 4.64. The molecule has 0 radical (unpaired) electrons. The minimum Gasteiger partial charge on any atom is -0.370 e. The summed E-state index contributed by atoms with van der Waals surface area (Å²) in [5.74, 6) is 1.57. The Hall–Kier alpha value is -1.31. The molecule has 0 aliphatic heterocycles. The molecule has 2 N–H and O–H groups in total. The van der Waals surface area contributed by atoms with E-state index in [1.54, 1.807) is 11.1 Å². The van der Waals surface area contributed by atoms with Gasteiger partial charge in [0.15, 0.2) is 0 Å². The second-order valence-electron chi connectivity index (χ2n) is 6.86. The molecule has 2 unspecified atom stereocenters. The average Bonchev–Trinajstić information content (AvgIpc) is 2.53. The van der Waals surface area contributed by atoms with Crippen LogP contribution in [0.3, 0.4) is 0 Å². The number of nitrogens with two attached hydrogens (primary N) is 1. The zero-order valence-electron chi connectivity index (χ0n) is 14.0. The van der Waals surface area contributed by atoms with Crippen LogP contribution in [0.1, 0.15) is 69.4 Å². The summed E-state index contributed by atoms with van der Waals surface area (Å²) in [6.07, 6.45) is 11.7. The standard InChI is InChI=1S/C20H31NO/c1-2-16(9-5-3-4-6-12-20(21)22)19-14-13-17-10-7-8-11-18(17)15-19/h7-8,10-11,16,19H,2-6,9,12-15H2,1H3,(H2,21,22). The first-order valence-corrected chi connectivity index (χ1v) is 9.05. The number of hydrogen-bond acceptors (Lipinski definition) is 1. The summed E-state index contributed by atoms with van der Waals surface area (Å²) in [4.78, 5) is 10.7. The zero-order chi connectivity index (χ0) is 15.8. The van der Waals surface area contributed by atoms with Crippen molar-refractivity contribution in [2.24, 2.45) is 17.6 Å². The van der Waals surface area contributed by atoms with E-state index in [9.17, 15) is 4.79 Å². The molecule has 0 saturated heterocycles. The highest BCUT2D eigenvalue weighted by molar-refractivity contribution is 5.73. The maximum Gasteiger partial charge on any atom is 0.217 e. The van der Waals surface area contributed by atoms with E-state index < -0.39 is 0 Å². The third-order valence-corrected chi connectivity index (χ3v) is 5.32. The average molecular weight is 301 g/mol. The minimum absolute atomic E-state index is 0.160. The van der Waals surface area contributed by atoms with Crippen LogP contribution in [0.5, 0.6) is 0 Å². The van der Waals surface area contributed by atoms with Crippen LogP contribution in [0, 0.1) is 11.8 Å². The molecule has 2 nitrogen and oxygen atoms in total. The molecule has 0 fully saturated rings. The second-order valence-corrected chi connectivity index (χ2v) is 6.86. The summed E-state index contributed by atoms with van der Waals surface area (Å²) < 4.78 is 0. The van der Waals surface area contributed by atoms with E-state index in [4.69, 9.17) is 5.73 Å². The van der Waals surface area contributed by atoms with E-state index >= 15 is 0 Å². The first-order chi connectivity index (χ1) is 10.7. The maximum atomic E-state index is 10.7. The lowest BCUT2D eigenvalue weighted by Crippen LogP contribution is -2.22. The van der Waals surface area contributed by atoms with E-state index in [2.05, 4.69) is 31.2 Å². The third-order valence-electron chi connectivity index (χ3n) is 5.32. The van der Waals surface area contributed by atoms with Gasteiger partial charge in [-0.05, 0) is 48.6 Å². The molecule has 1 aromatic carbocycles. The lowest BCUT2D eigenvalue weighted by molar-refractivity contribution is -0.118. The molecule has 0 spiro atoms. The number of benzene rings is 1. The summed E-state index contributed by atoms with van der Waals surface area (Å²) in [5.41, 5.74) is 8.33. The van der Waals surface area contributed by atoms with Crippen molar-refractivity contribution in [2.45, 2.75) is 71.1 Å². The molecule has 1 aliphatic rings. The monoisotopic (exact) mass is 301 g/mol. The van der Waals surface area contributed by atoms with Crippen molar-refractivity contribution >= 4 is 5.91 Å². The van der Waals surface area contributed by atoms with Gasteiger partial charge in [0.2, 0.25) is 5.91 Å². The van der Waals surface area contributed by atoms with Gasteiger partial charge in [-0.25, -0.2) is 0 Å². The fourth-order valence-electron chi connectivity index (χ4n) is 3.96. The maximum absolute atomic E-state index is 10.7. The van der Waals surface area contributed by atoms with Crippen molar-refractivity contribution in [1.82, 2.24) is 0 Å².